The van der Waals surface area contributed by atoms with Crippen molar-refractivity contribution in [3.05, 3.63) is 24.4 Å². The molecule has 2 aromatic heterocycles. The van der Waals surface area contributed by atoms with Gasteiger partial charge in [-0.2, -0.15) is 14.5 Å². The number of nitrogens with zero attached hydrogens (tertiary/aromatic N) is 4. The van der Waals surface area contributed by atoms with E-state index >= 15 is 0 Å². The van der Waals surface area contributed by atoms with Gasteiger partial charge in [-0.25, -0.2) is 4.98 Å². The first-order valence-corrected chi connectivity index (χ1v) is 8.19. The molecule has 23 heavy (non-hydrogen) atoms. The van der Waals surface area contributed by atoms with Gasteiger partial charge < -0.3 is 10.1 Å². The van der Waals surface area contributed by atoms with Crippen LogP contribution in [0.3, 0.4) is 0 Å². The van der Waals surface area contributed by atoms with Crippen molar-refractivity contribution in [3.8, 4) is 5.88 Å². The Hall–Kier alpha value is -2.18. The number of anilines is 2. The van der Waals surface area contributed by atoms with E-state index in [0.717, 1.165) is 31.3 Å². The molecule has 6 nitrogen and oxygen atoms in total. The molecule has 1 aliphatic rings. The molecular weight excluding hydrogens is 297 g/mol. The SMILES string of the molecule is CCn1cc(Nc2ncc(F)c(OCC3CCCCC3)n2)cn1. The molecule has 3 rings (SSSR count). The fraction of sp³-hybridized carbons (Fsp3) is 0.562. The molecule has 124 valence electrons. The van der Waals surface area contributed by atoms with Gasteiger partial charge in [0, 0.05) is 12.7 Å². The van der Waals surface area contributed by atoms with Gasteiger partial charge in [-0.05, 0) is 25.7 Å². The third-order valence-corrected chi connectivity index (χ3v) is 4.11. The predicted octanol–water partition coefficient (Wildman–Crippen LogP) is 3.53. The number of hydrogen-bond donors (Lipinski definition) is 1. The van der Waals surface area contributed by atoms with Gasteiger partial charge in [0.15, 0.2) is 0 Å². The van der Waals surface area contributed by atoms with E-state index in [1.807, 2.05) is 13.1 Å². The van der Waals surface area contributed by atoms with E-state index in [4.69, 9.17) is 4.74 Å². The van der Waals surface area contributed by atoms with Crippen LogP contribution in [0, 0.1) is 11.7 Å². The normalized spacial score (nSPS) is 15.6. The Bertz CT molecular complexity index is 639. The average Bonchev–Trinajstić information content (AvgIpc) is 3.04. The predicted molar refractivity (Wildman–Crippen MR) is 85.2 cm³/mol. The number of hydrogen-bond acceptors (Lipinski definition) is 5. The Labute approximate surface area is 135 Å². The third kappa shape index (κ3) is 4.18. The second-order valence-corrected chi connectivity index (χ2v) is 5.87. The maximum atomic E-state index is 13.8. The van der Waals surface area contributed by atoms with E-state index in [-0.39, 0.29) is 5.88 Å². The minimum Gasteiger partial charge on any atom is -0.475 e. The number of halogens is 1. The van der Waals surface area contributed by atoms with Crippen LogP contribution in [0.1, 0.15) is 39.0 Å². The van der Waals surface area contributed by atoms with Gasteiger partial charge in [0.1, 0.15) is 0 Å². The molecule has 0 unspecified atom stereocenters. The van der Waals surface area contributed by atoms with Crippen molar-refractivity contribution in [2.45, 2.75) is 45.6 Å². The van der Waals surface area contributed by atoms with Crippen molar-refractivity contribution in [2.75, 3.05) is 11.9 Å². The smallest absolute Gasteiger partial charge is 0.255 e. The first-order valence-electron chi connectivity index (χ1n) is 8.19. The number of aromatic nitrogens is 4. The molecule has 0 aromatic carbocycles. The van der Waals surface area contributed by atoms with E-state index in [0.29, 0.717) is 18.5 Å². The molecule has 7 heteroatoms. The Morgan fingerprint density at radius 2 is 2.13 bits per heavy atom. The fourth-order valence-corrected chi connectivity index (χ4v) is 2.79. The molecule has 0 amide bonds. The highest BCUT2D eigenvalue weighted by Crippen LogP contribution is 2.25. The summed E-state index contributed by atoms with van der Waals surface area (Å²) in [4.78, 5) is 8.08. The lowest BCUT2D eigenvalue weighted by atomic mass is 9.90. The Morgan fingerprint density at radius 3 is 2.87 bits per heavy atom. The van der Waals surface area contributed by atoms with Gasteiger partial charge in [-0.1, -0.05) is 19.3 Å². The Morgan fingerprint density at radius 1 is 1.30 bits per heavy atom. The molecule has 0 radical (unpaired) electrons. The Kier molecular flexibility index (Phi) is 5.05. The van der Waals surface area contributed by atoms with Gasteiger partial charge in [-0.15, -0.1) is 0 Å². The molecule has 0 spiro atoms. The lowest BCUT2D eigenvalue weighted by molar-refractivity contribution is 0.195. The number of aryl methyl sites for hydroxylation is 1. The summed E-state index contributed by atoms with van der Waals surface area (Å²) in [5.74, 6) is 0.282. The number of nitrogens with one attached hydrogen (secondary N) is 1. The monoisotopic (exact) mass is 319 g/mol. The Balaban J connectivity index is 1.63. The molecule has 2 aromatic rings. The minimum atomic E-state index is -0.532. The quantitative estimate of drug-likeness (QED) is 0.882. The first-order chi connectivity index (χ1) is 11.2. The maximum Gasteiger partial charge on any atom is 0.255 e. The van der Waals surface area contributed by atoms with Gasteiger partial charge in [0.25, 0.3) is 5.88 Å². The second-order valence-electron chi connectivity index (χ2n) is 5.87. The molecule has 0 bridgehead atoms. The lowest BCUT2D eigenvalue weighted by Crippen LogP contribution is -2.16. The van der Waals surface area contributed by atoms with Gasteiger partial charge in [-0.3, -0.25) is 4.68 Å². The van der Waals surface area contributed by atoms with Crippen LogP contribution in [-0.2, 0) is 6.54 Å². The summed E-state index contributed by atoms with van der Waals surface area (Å²) in [6.45, 7) is 3.30. The molecule has 1 saturated carbocycles. The van der Waals surface area contributed by atoms with Crippen molar-refractivity contribution in [1.29, 1.82) is 0 Å². The molecule has 1 fully saturated rings. The maximum absolute atomic E-state index is 13.8. The summed E-state index contributed by atoms with van der Waals surface area (Å²) >= 11 is 0. The van der Waals surface area contributed by atoms with Crippen LogP contribution in [0.2, 0.25) is 0 Å². The average molecular weight is 319 g/mol. The van der Waals surface area contributed by atoms with Crippen LogP contribution in [0.4, 0.5) is 16.0 Å². The largest absolute Gasteiger partial charge is 0.475 e. The summed E-state index contributed by atoms with van der Waals surface area (Å²) in [5, 5.41) is 7.17. The van der Waals surface area contributed by atoms with E-state index in [9.17, 15) is 4.39 Å². The third-order valence-electron chi connectivity index (χ3n) is 4.11. The standard InChI is InChI=1S/C16H22FN5O/c1-2-22-10-13(8-19-22)20-16-18-9-14(17)15(21-16)23-11-12-6-4-3-5-7-12/h8-10,12H,2-7,11H2,1H3,(H,18,20,21). The minimum absolute atomic E-state index is 0.0101. The van der Waals surface area contributed by atoms with Crippen LogP contribution in [0.5, 0.6) is 5.88 Å². The van der Waals surface area contributed by atoms with E-state index < -0.39 is 5.82 Å². The summed E-state index contributed by atoms with van der Waals surface area (Å²) in [5.41, 5.74) is 0.761. The highest BCUT2D eigenvalue weighted by Gasteiger charge is 2.16. The summed E-state index contributed by atoms with van der Waals surface area (Å²) in [6.07, 6.45) is 10.7. The van der Waals surface area contributed by atoms with Crippen molar-refractivity contribution in [1.82, 2.24) is 19.7 Å². The topological polar surface area (TPSA) is 64.9 Å². The van der Waals surface area contributed by atoms with Crippen LogP contribution in [0.25, 0.3) is 0 Å². The highest BCUT2D eigenvalue weighted by molar-refractivity contribution is 5.50. The molecule has 1 N–H and O–H groups in total. The van der Waals surface area contributed by atoms with Crippen molar-refractivity contribution < 1.29 is 9.13 Å². The molecule has 2 heterocycles. The van der Waals surface area contributed by atoms with E-state index in [1.54, 1.807) is 10.9 Å². The fourth-order valence-electron chi connectivity index (χ4n) is 2.79. The van der Waals surface area contributed by atoms with Crippen LogP contribution in [0.15, 0.2) is 18.6 Å². The summed E-state index contributed by atoms with van der Waals surface area (Å²) < 4.78 is 21.2. The van der Waals surface area contributed by atoms with E-state index in [1.165, 1.54) is 19.3 Å². The molecule has 0 atom stereocenters. The number of rotatable bonds is 6. The number of ether oxygens (including phenoxy) is 1. The zero-order chi connectivity index (χ0) is 16.1. The highest BCUT2D eigenvalue weighted by atomic mass is 19.1. The molecule has 1 aliphatic carbocycles. The molecule has 0 aliphatic heterocycles. The summed E-state index contributed by atoms with van der Waals surface area (Å²) in [6, 6.07) is 0. The first kappa shape index (κ1) is 15.7. The molecule has 0 saturated heterocycles. The van der Waals surface area contributed by atoms with Crippen LogP contribution < -0.4 is 10.1 Å². The van der Waals surface area contributed by atoms with Crippen molar-refractivity contribution in [2.24, 2.45) is 5.92 Å². The van der Waals surface area contributed by atoms with Gasteiger partial charge in [0.2, 0.25) is 11.8 Å². The summed E-state index contributed by atoms with van der Waals surface area (Å²) in [7, 11) is 0. The van der Waals surface area contributed by atoms with Gasteiger partial charge in [0.05, 0.1) is 24.7 Å². The van der Waals surface area contributed by atoms with Crippen LogP contribution in [-0.4, -0.2) is 26.4 Å². The van der Waals surface area contributed by atoms with Crippen molar-refractivity contribution in [3.63, 3.8) is 0 Å². The lowest BCUT2D eigenvalue weighted by Gasteiger charge is -2.21. The van der Waals surface area contributed by atoms with Gasteiger partial charge >= 0.3 is 0 Å². The van der Waals surface area contributed by atoms with Crippen LogP contribution >= 0.6 is 0 Å². The zero-order valence-corrected chi connectivity index (χ0v) is 13.3. The second kappa shape index (κ2) is 7.39. The van der Waals surface area contributed by atoms with E-state index in [2.05, 4.69) is 20.4 Å². The molecular formula is C16H22FN5O. The zero-order valence-electron chi connectivity index (χ0n) is 13.3. The van der Waals surface area contributed by atoms with Crippen molar-refractivity contribution >= 4 is 11.6 Å².